The van der Waals surface area contributed by atoms with Crippen LogP contribution in [-0.4, -0.2) is 115 Å². The van der Waals surface area contributed by atoms with Crippen molar-refractivity contribution >= 4 is 57.2 Å². The van der Waals surface area contributed by atoms with Crippen molar-refractivity contribution in [2.45, 2.75) is 38.3 Å². The van der Waals surface area contributed by atoms with E-state index in [-0.39, 0.29) is 48.3 Å². The number of carbonyl (C=O) groups excluding carboxylic acids is 4. The predicted octanol–water partition coefficient (Wildman–Crippen LogP) is 5.27. The van der Waals surface area contributed by atoms with Gasteiger partial charge in [-0.2, -0.15) is 5.10 Å². The average Bonchev–Trinajstić information content (AvgIpc) is 3.96. The highest BCUT2D eigenvalue weighted by Crippen LogP contribution is 2.38. The summed E-state index contributed by atoms with van der Waals surface area (Å²) < 4.78 is 39.5. The predicted molar refractivity (Wildman–Crippen MR) is 225 cm³/mol. The van der Waals surface area contributed by atoms with Crippen molar-refractivity contribution in [2.75, 3.05) is 75.6 Å². The van der Waals surface area contributed by atoms with Gasteiger partial charge in [0.25, 0.3) is 5.91 Å². The Hall–Kier alpha value is -6.71. The lowest BCUT2D eigenvalue weighted by Crippen LogP contribution is -2.47. The van der Waals surface area contributed by atoms with Crippen molar-refractivity contribution in [1.29, 1.82) is 0 Å². The summed E-state index contributed by atoms with van der Waals surface area (Å²) in [5.41, 5.74) is 4.83. The molecule has 0 aliphatic carbocycles. The Morgan fingerprint density at radius 2 is 1.75 bits per heavy atom. The second-order valence-corrected chi connectivity index (χ2v) is 15.5. The minimum atomic E-state index is -0.679. The summed E-state index contributed by atoms with van der Waals surface area (Å²) >= 11 is 0. The number of ether oxygens (including phenoxy) is 1. The Morgan fingerprint density at radius 1 is 0.983 bits per heavy atom. The van der Waals surface area contributed by atoms with Gasteiger partial charge in [0.05, 0.1) is 24.0 Å². The van der Waals surface area contributed by atoms with E-state index in [9.17, 15) is 19.2 Å². The molecule has 14 nitrogen and oxygen atoms in total. The molecule has 0 bridgehead atoms. The monoisotopic (exact) mass is 819 g/mol. The molecule has 5 heterocycles. The lowest BCUT2D eigenvalue weighted by atomic mass is 9.93. The minimum Gasteiger partial charge on any atom is -0.495 e. The van der Waals surface area contributed by atoms with Crippen LogP contribution in [0.5, 0.6) is 5.75 Å². The molecule has 3 aliphatic heterocycles. The fourth-order valence-corrected chi connectivity index (χ4v) is 8.18. The number of methoxy groups -OCH3 is 1. The van der Waals surface area contributed by atoms with Crippen molar-refractivity contribution in [3.05, 3.63) is 96.0 Å². The van der Waals surface area contributed by atoms with Crippen molar-refractivity contribution in [3.63, 3.8) is 0 Å². The zero-order valence-corrected chi connectivity index (χ0v) is 33.8. The van der Waals surface area contributed by atoms with Gasteiger partial charge < -0.3 is 34.6 Å². The SMILES string of the molecule is COc1cc(N2CCN(c3ccc(-c4cc(C5=CCCN(C(=O)CCn6cccn6)C5)c(F)c5[nH]c(C(=O)N(C)C)cc45)cc3)CC2)c(F)cc1N[C@@H]1CCC(=O)NC1=O. The number of hydrogen-bond donors (Lipinski definition) is 3. The molecule has 2 fully saturated rings. The van der Waals surface area contributed by atoms with E-state index in [1.165, 1.54) is 18.1 Å². The lowest BCUT2D eigenvalue weighted by molar-refractivity contribution is -0.134. The number of aromatic nitrogens is 3. The number of nitrogens with one attached hydrogen (secondary N) is 3. The van der Waals surface area contributed by atoms with Gasteiger partial charge in [-0.1, -0.05) is 18.2 Å². The van der Waals surface area contributed by atoms with Gasteiger partial charge in [-0.25, -0.2) is 8.78 Å². The number of fused-ring (bicyclic) bond motifs is 1. The Bertz CT molecular complexity index is 2470. The maximum atomic E-state index is 16.6. The number of carbonyl (C=O) groups is 4. The summed E-state index contributed by atoms with van der Waals surface area (Å²) in [5, 5.41) is 10.1. The van der Waals surface area contributed by atoms with Gasteiger partial charge in [0.15, 0.2) is 5.82 Å². The van der Waals surface area contributed by atoms with Crippen LogP contribution in [-0.2, 0) is 20.9 Å². The van der Waals surface area contributed by atoms with Crippen LogP contribution in [0.25, 0.3) is 27.6 Å². The molecule has 60 heavy (non-hydrogen) atoms. The quantitative estimate of drug-likeness (QED) is 0.152. The fourth-order valence-electron chi connectivity index (χ4n) is 8.18. The molecule has 3 aromatic carbocycles. The van der Waals surface area contributed by atoms with Crippen molar-refractivity contribution in [2.24, 2.45) is 0 Å². The molecule has 2 saturated heterocycles. The van der Waals surface area contributed by atoms with Crippen LogP contribution >= 0.6 is 0 Å². The van der Waals surface area contributed by atoms with E-state index in [0.29, 0.717) is 85.8 Å². The number of hydrogen-bond acceptors (Lipinski definition) is 9. The summed E-state index contributed by atoms with van der Waals surface area (Å²) in [6.07, 6.45) is 6.83. The van der Waals surface area contributed by atoms with Crippen LogP contribution < -0.4 is 25.2 Å². The Kier molecular flexibility index (Phi) is 11.3. The number of halogens is 2. The van der Waals surface area contributed by atoms with Crippen molar-refractivity contribution in [1.82, 2.24) is 29.9 Å². The second kappa shape index (κ2) is 16.9. The molecule has 1 atom stereocenters. The smallest absolute Gasteiger partial charge is 0.269 e. The van der Waals surface area contributed by atoms with Gasteiger partial charge in [-0.15, -0.1) is 0 Å². The van der Waals surface area contributed by atoms with Crippen LogP contribution in [0.4, 0.5) is 25.8 Å². The molecule has 8 rings (SSSR count). The van der Waals surface area contributed by atoms with Crippen LogP contribution in [0.1, 0.15) is 41.7 Å². The van der Waals surface area contributed by atoms with Crippen LogP contribution in [0, 0.1) is 11.6 Å². The molecule has 0 saturated carbocycles. The zero-order valence-electron chi connectivity index (χ0n) is 33.8. The van der Waals surface area contributed by atoms with Gasteiger partial charge in [0.1, 0.15) is 23.3 Å². The molecule has 2 aromatic heterocycles. The molecular weight excluding hydrogens is 773 g/mol. The average molecular weight is 820 g/mol. The summed E-state index contributed by atoms with van der Waals surface area (Å²) in [5.74, 6) is -1.64. The minimum absolute atomic E-state index is 0.0323. The van der Waals surface area contributed by atoms with Crippen LogP contribution in [0.3, 0.4) is 0 Å². The highest BCUT2D eigenvalue weighted by Gasteiger charge is 2.29. The van der Waals surface area contributed by atoms with Gasteiger partial charge in [0.2, 0.25) is 17.7 Å². The lowest BCUT2D eigenvalue weighted by Gasteiger charge is -2.37. The maximum Gasteiger partial charge on any atom is 0.269 e. The first-order valence-corrected chi connectivity index (χ1v) is 20.1. The number of anilines is 3. The number of piperidine rings is 1. The summed E-state index contributed by atoms with van der Waals surface area (Å²) in [4.78, 5) is 60.6. The third-order valence-corrected chi connectivity index (χ3v) is 11.5. The van der Waals surface area contributed by atoms with E-state index < -0.39 is 23.6 Å². The molecule has 0 unspecified atom stereocenters. The van der Waals surface area contributed by atoms with Gasteiger partial charge in [0, 0.05) is 114 Å². The van der Waals surface area contributed by atoms with Crippen molar-refractivity contribution in [3.8, 4) is 16.9 Å². The second-order valence-electron chi connectivity index (χ2n) is 15.5. The first-order chi connectivity index (χ1) is 29.0. The normalized spacial score (nSPS) is 17.1. The standard InChI is InChI=1S/C44H47F2N9O5/c1-51(2)44(59)36-23-32-30(22-31(41(46)42(32)49-36)28-6-4-15-54(26-28)40(57)13-17-55-16-5-14-47-55)27-7-9-29(10-8-27)52-18-20-53(21-19-52)37-25-38(60-3)35(24-33(37)45)48-34-11-12-39(56)50-43(34)58/h5-10,14,16,22-25,34,48-49H,4,11-13,15,17-21,26H2,1-3H3,(H,50,56,58)/t34-/m1/s1. The zero-order chi connectivity index (χ0) is 42.1. The molecule has 0 spiro atoms. The molecule has 4 amide bonds. The first-order valence-electron chi connectivity index (χ1n) is 20.1. The Morgan fingerprint density at radius 3 is 2.45 bits per heavy atom. The molecule has 16 heteroatoms. The summed E-state index contributed by atoms with van der Waals surface area (Å²) in [6, 6.07) is 15.6. The molecule has 5 aromatic rings. The highest BCUT2D eigenvalue weighted by molar-refractivity contribution is 6.05. The van der Waals surface area contributed by atoms with E-state index in [1.54, 1.807) is 42.0 Å². The van der Waals surface area contributed by atoms with Gasteiger partial charge in [-0.05, 0) is 59.9 Å². The number of aromatic amines is 1. The van der Waals surface area contributed by atoms with E-state index in [2.05, 4.69) is 25.6 Å². The third-order valence-electron chi connectivity index (χ3n) is 11.5. The number of nitrogens with zero attached hydrogens (tertiary/aromatic N) is 6. The number of benzene rings is 3. The largest absolute Gasteiger partial charge is 0.495 e. The number of imide groups is 1. The number of rotatable bonds is 11. The molecular formula is C44H47F2N9O5. The van der Waals surface area contributed by atoms with Crippen molar-refractivity contribution < 1.29 is 32.7 Å². The molecule has 0 radical (unpaired) electrons. The van der Waals surface area contributed by atoms with E-state index >= 15 is 8.78 Å². The van der Waals surface area contributed by atoms with E-state index in [1.807, 2.05) is 53.6 Å². The third kappa shape index (κ3) is 8.13. The van der Waals surface area contributed by atoms with Gasteiger partial charge in [-0.3, -0.25) is 29.2 Å². The summed E-state index contributed by atoms with van der Waals surface area (Å²) in [7, 11) is 4.78. The highest BCUT2D eigenvalue weighted by atomic mass is 19.1. The number of amides is 4. The summed E-state index contributed by atoms with van der Waals surface area (Å²) in [6.45, 7) is 3.55. The van der Waals surface area contributed by atoms with Crippen LogP contribution in [0.15, 0.2) is 73.1 Å². The van der Waals surface area contributed by atoms with E-state index in [4.69, 9.17) is 4.74 Å². The number of piperazine rings is 1. The maximum absolute atomic E-state index is 16.6. The fraction of sp³-hybridized carbons (Fsp3) is 0.341. The Balaban J connectivity index is 1.00. The number of aryl methyl sites for hydroxylation is 1. The molecule has 3 aliphatic rings. The first kappa shape index (κ1) is 40.1. The molecule has 312 valence electrons. The van der Waals surface area contributed by atoms with Gasteiger partial charge >= 0.3 is 0 Å². The number of H-pyrrole nitrogens is 1. The topological polar surface area (TPSA) is 148 Å². The Labute approximate surface area is 345 Å². The van der Waals surface area contributed by atoms with E-state index in [0.717, 1.165) is 16.8 Å². The van der Waals surface area contributed by atoms with Crippen LogP contribution in [0.2, 0.25) is 0 Å². The molecule has 3 N–H and O–H groups in total.